The van der Waals surface area contributed by atoms with Crippen molar-refractivity contribution < 1.29 is 5.11 Å². The van der Waals surface area contributed by atoms with Crippen LogP contribution < -0.4 is 0 Å². The van der Waals surface area contributed by atoms with Crippen molar-refractivity contribution in [1.29, 1.82) is 0 Å². The maximum atomic E-state index is 9.63. The molecule has 2 heteroatoms. The van der Waals surface area contributed by atoms with Crippen molar-refractivity contribution in [3.8, 4) is 0 Å². The van der Waals surface area contributed by atoms with Crippen LogP contribution in [0.3, 0.4) is 0 Å². The van der Waals surface area contributed by atoms with Crippen LogP contribution in [0.2, 0.25) is 0 Å². The summed E-state index contributed by atoms with van der Waals surface area (Å²) in [5.41, 5.74) is 0. The van der Waals surface area contributed by atoms with E-state index in [1.807, 2.05) is 0 Å². The van der Waals surface area contributed by atoms with Crippen molar-refractivity contribution in [1.82, 2.24) is 4.90 Å². The van der Waals surface area contributed by atoms with Gasteiger partial charge in [-0.25, -0.2) is 0 Å². The summed E-state index contributed by atoms with van der Waals surface area (Å²) in [4.78, 5) is 2.29. The molecule has 2 atom stereocenters. The van der Waals surface area contributed by atoms with E-state index in [9.17, 15) is 5.11 Å². The third-order valence-corrected chi connectivity index (χ3v) is 2.61. The van der Waals surface area contributed by atoms with E-state index in [-0.39, 0.29) is 6.10 Å². The summed E-state index contributed by atoms with van der Waals surface area (Å²) in [6.07, 6.45) is 4.38. The second kappa shape index (κ2) is 4.07. The normalized spacial score (nSPS) is 34.1. The van der Waals surface area contributed by atoms with Gasteiger partial charge in [0.25, 0.3) is 0 Å². The number of likely N-dealkylation sites (tertiary alicyclic amines) is 1. The van der Waals surface area contributed by atoms with E-state index in [1.165, 1.54) is 6.42 Å². The van der Waals surface area contributed by atoms with E-state index in [2.05, 4.69) is 18.9 Å². The summed E-state index contributed by atoms with van der Waals surface area (Å²) in [5, 5.41) is 9.63. The molecule has 11 heavy (non-hydrogen) atoms. The first-order chi connectivity index (χ1) is 5.25. The Morgan fingerprint density at radius 1 is 1.55 bits per heavy atom. The number of hydrogen-bond donors (Lipinski definition) is 1. The minimum Gasteiger partial charge on any atom is -0.391 e. The zero-order valence-corrected chi connectivity index (χ0v) is 7.58. The Hall–Kier alpha value is -0.0800. The second-order valence-corrected chi connectivity index (χ2v) is 3.55. The smallest absolute Gasteiger partial charge is 0.0695 e. The van der Waals surface area contributed by atoms with Crippen LogP contribution >= 0.6 is 0 Å². The van der Waals surface area contributed by atoms with E-state index in [0.29, 0.717) is 6.04 Å². The molecule has 1 heterocycles. The highest BCUT2D eigenvalue weighted by Crippen LogP contribution is 2.19. The molecule has 1 saturated heterocycles. The van der Waals surface area contributed by atoms with E-state index in [0.717, 1.165) is 25.8 Å². The lowest BCUT2D eigenvalue weighted by atomic mass is 9.96. The molecule has 0 amide bonds. The molecule has 1 aliphatic rings. The molecule has 1 N–H and O–H groups in total. The van der Waals surface area contributed by atoms with Crippen molar-refractivity contribution in [3.05, 3.63) is 0 Å². The molecule has 0 unspecified atom stereocenters. The van der Waals surface area contributed by atoms with Gasteiger partial charge in [0.2, 0.25) is 0 Å². The number of rotatable bonds is 2. The lowest BCUT2D eigenvalue weighted by molar-refractivity contribution is 0.0207. The minimum atomic E-state index is -0.0753. The highest BCUT2D eigenvalue weighted by Gasteiger charge is 2.25. The third-order valence-electron chi connectivity index (χ3n) is 2.61. The van der Waals surface area contributed by atoms with Gasteiger partial charge in [-0.2, -0.15) is 0 Å². The van der Waals surface area contributed by atoms with Crippen LogP contribution in [0, 0.1) is 0 Å². The van der Waals surface area contributed by atoms with Gasteiger partial charge in [-0.05, 0) is 32.9 Å². The Labute approximate surface area is 69.2 Å². The van der Waals surface area contributed by atoms with Crippen LogP contribution in [0.5, 0.6) is 0 Å². The monoisotopic (exact) mass is 157 g/mol. The average Bonchev–Trinajstić information content (AvgIpc) is 1.97. The number of nitrogens with zero attached hydrogens (tertiary/aromatic N) is 1. The molecule has 0 aromatic rings. The van der Waals surface area contributed by atoms with Crippen LogP contribution in [0.4, 0.5) is 0 Å². The molecule has 1 rings (SSSR count). The maximum absolute atomic E-state index is 9.63. The second-order valence-electron chi connectivity index (χ2n) is 3.55. The fourth-order valence-corrected chi connectivity index (χ4v) is 1.91. The quantitative estimate of drug-likeness (QED) is 0.652. The van der Waals surface area contributed by atoms with Gasteiger partial charge in [-0.3, -0.25) is 0 Å². The first-order valence-electron chi connectivity index (χ1n) is 4.64. The zero-order chi connectivity index (χ0) is 8.27. The first kappa shape index (κ1) is 9.01. The van der Waals surface area contributed by atoms with Crippen LogP contribution in [0.1, 0.15) is 32.6 Å². The number of aliphatic hydroxyl groups is 1. The van der Waals surface area contributed by atoms with Gasteiger partial charge < -0.3 is 10.0 Å². The Morgan fingerprint density at radius 2 is 2.27 bits per heavy atom. The van der Waals surface area contributed by atoms with E-state index >= 15 is 0 Å². The van der Waals surface area contributed by atoms with Crippen LogP contribution in [0.15, 0.2) is 0 Å². The van der Waals surface area contributed by atoms with Crippen molar-refractivity contribution in [2.75, 3.05) is 13.6 Å². The highest BCUT2D eigenvalue weighted by molar-refractivity contribution is 4.81. The molecule has 0 radical (unpaired) electrons. The highest BCUT2D eigenvalue weighted by atomic mass is 16.3. The molecule has 0 aliphatic carbocycles. The summed E-state index contributed by atoms with van der Waals surface area (Å²) in [7, 11) is 2.11. The summed E-state index contributed by atoms with van der Waals surface area (Å²) < 4.78 is 0. The molecule has 0 bridgehead atoms. The Kier molecular flexibility index (Phi) is 3.34. The van der Waals surface area contributed by atoms with Gasteiger partial charge in [-0.15, -0.1) is 0 Å². The van der Waals surface area contributed by atoms with Gasteiger partial charge >= 0.3 is 0 Å². The number of likely N-dealkylation sites (N-methyl/N-ethyl adjacent to an activating group) is 1. The van der Waals surface area contributed by atoms with Gasteiger partial charge in [0.15, 0.2) is 0 Å². The van der Waals surface area contributed by atoms with Gasteiger partial charge in [0.05, 0.1) is 6.10 Å². The van der Waals surface area contributed by atoms with E-state index in [1.54, 1.807) is 0 Å². The number of aliphatic hydroxyl groups excluding tert-OH is 1. The SMILES string of the molecule is CCC[C@@H]1[C@@H](O)CCCN1C. The molecule has 66 valence electrons. The fourth-order valence-electron chi connectivity index (χ4n) is 1.91. The first-order valence-corrected chi connectivity index (χ1v) is 4.64. The molecule has 0 saturated carbocycles. The third kappa shape index (κ3) is 2.17. The molecule has 2 nitrogen and oxygen atoms in total. The Bertz CT molecular complexity index is 106. The van der Waals surface area contributed by atoms with E-state index < -0.39 is 0 Å². The molecular weight excluding hydrogens is 138 g/mol. The van der Waals surface area contributed by atoms with Gasteiger partial charge in [-0.1, -0.05) is 13.3 Å². The summed E-state index contributed by atoms with van der Waals surface area (Å²) >= 11 is 0. The standard InChI is InChI=1S/C9H19NO/c1-3-5-8-9(11)6-4-7-10(8)2/h8-9,11H,3-7H2,1-2H3/t8-,9+/m1/s1. The topological polar surface area (TPSA) is 23.5 Å². The van der Waals surface area contributed by atoms with E-state index in [4.69, 9.17) is 0 Å². The van der Waals surface area contributed by atoms with Crippen LogP contribution in [0.25, 0.3) is 0 Å². The minimum absolute atomic E-state index is 0.0753. The predicted molar refractivity (Wildman–Crippen MR) is 46.6 cm³/mol. The van der Waals surface area contributed by atoms with Gasteiger partial charge in [0, 0.05) is 6.04 Å². The summed E-state index contributed by atoms with van der Waals surface area (Å²) in [5.74, 6) is 0. The van der Waals surface area contributed by atoms with Crippen LogP contribution in [-0.4, -0.2) is 35.7 Å². The zero-order valence-electron chi connectivity index (χ0n) is 7.58. The van der Waals surface area contributed by atoms with Crippen molar-refractivity contribution >= 4 is 0 Å². The molecule has 1 fully saturated rings. The van der Waals surface area contributed by atoms with Gasteiger partial charge in [0.1, 0.15) is 0 Å². The summed E-state index contributed by atoms with van der Waals surface area (Å²) in [6, 6.07) is 0.425. The average molecular weight is 157 g/mol. The van der Waals surface area contributed by atoms with Crippen molar-refractivity contribution in [3.63, 3.8) is 0 Å². The lowest BCUT2D eigenvalue weighted by Crippen LogP contribution is -2.45. The predicted octanol–water partition coefficient (Wildman–Crippen LogP) is 1.24. The molecule has 1 aliphatic heterocycles. The molecule has 0 aromatic carbocycles. The van der Waals surface area contributed by atoms with Crippen molar-refractivity contribution in [2.45, 2.75) is 44.8 Å². The molecular formula is C9H19NO. The molecule has 0 aromatic heterocycles. The maximum Gasteiger partial charge on any atom is 0.0695 e. The summed E-state index contributed by atoms with van der Waals surface area (Å²) in [6.45, 7) is 3.33. The van der Waals surface area contributed by atoms with Crippen LogP contribution in [-0.2, 0) is 0 Å². The Morgan fingerprint density at radius 3 is 2.82 bits per heavy atom. The number of hydrogen-bond acceptors (Lipinski definition) is 2. The fraction of sp³-hybridized carbons (Fsp3) is 1.00. The number of piperidine rings is 1. The van der Waals surface area contributed by atoms with Crippen molar-refractivity contribution in [2.24, 2.45) is 0 Å². The molecule has 0 spiro atoms. The largest absolute Gasteiger partial charge is 0.391 e. The lowest BCUT2D eigenvalue weighted by Gasteiger charge is -2.36. The Balaban J connectivity index is 2.41.